The lowest BCUT2D eigenvalue weighted by atomic mass is 9.77. The van der Waals surface area contributed by atoms with Crippen molar-refractivity contribution >= 4 is 5.82 Å². The van der Waals surface area contributed by atoms with Gasteiger partial charge in [-0.05, 0) is 37.5 Å². The highest BCUT2D eigenvalue weighted by Crippen LogP contribution is 2.38. The Morgan fingerprint density at radius 2 is 2.00 bits per heavy atom. The Morgan fingerprint density at radius 1 is 1.29 bits per heavy atom. The third kappa shape index (κ3) is 2.66. The number of nitrogen functional groups attached to an aromatic ring is 1. The van der Waals surface area contributed by atoms with Gasteiger partial charge in [0, 0.05) is 13.0 Å². The minimum Gasteiger partial charge on any atom is -0.383 e. The van der Waals surface area contributed by atoms with Gasteiger partial charge in [-0.1, -0.05) is 19.0 Å². The molecule has 2 aromatic rings. The maximum absolute atomic E-state index is 5.95. The Labute approximate surface area is 124 Å². The van der Waals surface area contributed by atoms with Crippen LogP contribution >= 0.6 is 0 Å². The lowest BCUT2D eigenvalue weighted by molar-refractivity contribution is 0.252. The van der Waals surface area contributed by atoms with Crippen molar-refractivity contribution in [2.75, 3.05) is 5.73 Å². The fourth-order valence-corrected chi connectivity index (χ4v) is 3.17. The van der Waals surface area contributed by atoms with E-state index in [4.69, 9.17) is 10.3 Å². The van der Waals surface area contributed by atoms with Gasteiger partial charge in [0.1, 0.15) is 11.4 Å². The molecule has 2 aromatic heterocycles. The summed E-state index contributed by atoms with van der Waals surface area (Å²) in [5.74, 6) is 3.85. The van der Waals surface area contributed by atoms with Gasteiger partial charge in [-0.25, -0.2) is 0 Å². The molecule has 1 aliphatic carbocycles. The molecular formula is C15H23N5O. The lowest BCUT2D eigenvalue weighted by Gasteiger charge is -2.29. The first kappa shape index (κ1) is 14.1. The average molecular weight is 289 g/mol. The largest absolute Gasteiger partial charge is 0.383 e. The third-order valence-electron chi connectivity index (χ3n) is 4.74. The molecule has 2 N–H and O–H groups in total. The van der Waals surface area contributed by atoms with Crippen LogP contribution < -0.4 is 5.73 Å². The van der Waals surface area contributed by atoms with Crippen LogP contribution in [0.1, 0.15) is 51.3 Å². The summed E-state index contributed by atoms with van der Waals surface area (Å²) in [6.07, 6.45) is 6.46. The molecule has 3 rings (SSSR count). The molecule has 1 saturated carbocycles. The van der Waals surface area contributed by atoms with Gasteiger partial charge in [0.25, 0.3) is 5.89 Å². The van der Waals surface area contributed by atoms with Crippen LogP contribution in [0.3, 0.4) is 0 Å². The zero-order valence-electron chi connectivity index (χ0n) is 12.9. The molecule has 21 heavy (non-hydrogen) atoms. The molecule has 2 heterocycles. The highest BCUT2D eigenvalue weighted by molar-refractivity contribution is 5.66. The summed E-state index contributed by atoms with van der Waals surface area (Å²) < 4.78 is 6.98. The van der Waals surface area contributed by atoms with Crippen molar-refractivity contribution in [2.24, 2.45) is 18.9 Å². The topological polar surface area (TPSA) is 82.8 Å². The molecular weight excluding hydrogens is 266 g/mol. The third-order valence-corrected chi connectivity index (χ3v) is 4.74. The van der Waals surface area contributed by atoms with Crippen molar-refractivity contribution in [1.29, 1.82) is 0 Å². The van der Waals surface area contributed by atoms with Gasteiger partial charge in [-0.2, -0.15) is 10.1 Å². The van der Waals surface area contributed by atoms with Gasteiger partial charge in [-0.3, -0.25) is 4.68 Å². The van der Waals surface area contributed by atoms with Gasteiger partial charge in [-0.15, -0.1) is 0 Å². The van der Waals surface area contributed by atoms with Crippen molar-refractivity contribution in [2.45, 2.75) is 45.4 Å². The molecule has 0 unspecified atom stereocenters. The predicted octanol–water partition coefficient (Wildman–Crippen LogP) is 2.98. The molecule has 0 aliphatic heterocycles. The first-order chi connectivity index (χ1) is 10.1. The summed E-state index contributed by atoms with van der Waals surface area (Å²) in [6, 6.07) is 0. The van der Waals surface area contributed by atoms with Crippen molar-refractivity contribution < 1.29 is 4.52 Å². The highest BCUT2D eigenvalue weighted by atomic mass is 16.5. The molecule has 6 nitrogen and oxygen atoms in total. The average Bonchev–Trinajstić information content (AvgIpc) is 3.07. The number of hydrogen-bond donors (Lipinski definition) is 1. The molecule has 1 aliphatic rings. The number of aryl methyl sites for hydroxylation is 1. The molecule has 0 aromatic carbocycles. The molecule has 0 saturated heterocycles. The smallest absolute Gasteiger partial charge is 0.263 e. The van der Waals surface area contributed by atoms with Crippen LogP contribution in [0.4, 0.5) is 5.82 Å². The Morgan fingerprint density at radius 3 is 2.57 bits per heavy atom. The standard InChI is InChI=1S/C15H23N5O/c1-9(2)10-4-6-11(7-5-10)14-18-15(21-19-14)12-8-17-20(3)13(12)16/h8-11H,4-7,16H2,1-3H3. The van der Waals surface area contributed by atoms with Gasteiger partial charge in [0.15, 0.2) is 5.82 Å². The molecule has 0 spiro atoms. The fourth-order valence-electron chi connectivity index (χ4n) is 3.17. The Bertz CT molecular complexity index is 607. The zero-order valence-corrected chi connectivity index (χ0v) is 12.9. The minimum absolute atomic E-state index is 0.412. The predicted molar refractivity (Wildman–Crippen MR) is 80.4 cm³/mol. The summed E-state index contributed by atoms with van der Waals surface area (Å²) in [5.41, 5.74) is 6.66. The van der Waals surface area contributed by atoms with Crippen LogP contribution in [-0.2, 0) is 7.05 Å². The normalized spacial score (nSPS) is 22.9. The summed E-state index contributed by atoms with van der Waals surface area (Å²) in [6.45, 7) is 4.62. The first-order valence-corrected chi connectivity index (χ1v) is 7.67. The van der Waals surface area contributed by atoms with Crippen molar-refractivity contribution in [1.82, 2.24) is 19.9 Å². The lowest BCUT2D eigenvalue weighted by Crippen LogP contribution is -2.18. The number of nitrogens with zero attached hydrogens (tertiary/aromatic N) is 4. The van der Waals surface area contributed by atoms with Crippen molar-refractivity contribution in [3.8, 4) is 11.5 Å². The van der Waals surface area contributed by atoms with E-state index in [1.807, 2.05) is 0 Å². The molecule has 114 valence electrons. The second-order valence-electron chi connectivity index (χ2n) is 6.38. The summed E-state index contributed by atoms with van der Waals surface area (Å²) >= 11 is 0. The Kier molecular flexibility index (Phi) is 3.69. The van der Waals surface area contributed by atoms with E-state index in [-0.39, 0.29) is 0 Å². The number of aromatic nitrogens is 4. The molecule has 0 radical (unpaired) electrons. The van der Waals surface area contributed by atoms with E-state index in [2.05, 4.69) is 29.1 Å². The van der Waals surface area contributed by atoms with E-state index in [0.29, 0.717) is 23.2 Å². The van der Waals surface area contributed by atoms with Crippen LogP contribution in [0.25, 0.3) is 11.5 Å². The highest BCUT2D eigenvalue weighted by Gasteiger charge is 2.27. The summed E-state index contributed by atoms with van der Waals surface area (Å²) in [7, 11) is 1.79. The molecule has 0 atom stereocenters. The van der Waals surface area contributed by atoms with E-state index in [1.165, 1.54) is 12.8 Å². The van der Waals surface area contributed by atoms with Crippen LogP contribution in [0.15, 0.2) is 10.7 Å². The maximum atomic E-state index is 5.95. The van der Waals surface area contributed by atoms with Crippen LogP contribution in [0.5, 0.6) is 0 Å². The maximum Gasteiger partial charge on any atom is 0.263 e. The van der Waals surface area contributed by atoms with Crippen molar-refractivity contribution in [3.05, 3.63) is 12.0 Å². The summed E-state index contributed by atoms with van der Waals surface area (Å²) in [4.78, 5) is 4.54. The molecule has 6 heteroatoms. The SMILES string of the molecule is CC(C)C1CCC(c2noc(-c3cnn(C)c3N)n2)CC1. The Hall–Kier alpha value is -1.85. The number of nitrogens with two attached hydrogens (primary N) is 1. The van der Waals surface area contributed by atoms with E-state index in [9.17, 15) is 0 Å². The van der Waals surface area contributed by atoms with Gasteiger partial charge in [0.05, 0.1) is 6.20 Å². The number of rotatable bonds is 3. The van der Waals surface area contributed by atoms with Gasteiger partial charge >= 0.3 is 0 Å². The second-order valence-corrected chi connectivity index (χ2v) is 6.38. The number of anilines is 1. The molecule has 0 bridgehead atoms. The zero-order chi connectivity index (χ0) is 15.0. The fraction of sp³-hybridized carbons (Fsp3) is 0.667. The minimum atomic E-state index is 0.412. The molecule has 1 fully saturated rings. The van der Waals surface area contributed by atoms with E-state index in [0.717, 1.165) is 30.5 Å². The van der Waals surface area contributed by atoms with Gasteiger partial charge < -0.3 is 10.3 Å². The second kappa shape index (κ2) is 5.50. The van der Waals surface area contributed by atoms with Crippen LogP contribution in [0.2, 0.25) is 0 Å². The number of hydrogen-bond acceptors (Lipinski definition) is 5. The van der Waals surface area contributed by atoms with Crippen molar-refractivity contribution in [3.63, 3.8) is 0 Å². The Balaban J connectivity index is 1.73. The summed E-state index contributed by atoms with van der Waals surface area (Å²) in [5, 5.41) is 8.27. The van der Waals surface area contributed by atoms with Gasteiger partial charge in [0.2, 0.25) is 0 Å². The monoisotopic (exact) mass is 289 g/mol. The van der Waals surface area contributed by atoms with Crippen LogP contribution in [-0.4, -0.2) is 19.9 Å². The van der Waals surface area contributed by atoms with E-state index < -0.39 is 0 Å². The van der Waals surface area contributed by atoms with E-state index >= 15 is 0 Å². The molecule has 0 amide bonds. The van der Waals surface area contributed by atoms with Crippen LogP contribution in [0, 0.1) is 11.8 Å². The quantitative estimate of drug-likeness (QED) is 0.939. The van der Waals surface area contributed by atoms with E-state index in [1.54, 1.807) is 17.9 Å². The first-order valence-electron chi connectivity index (χ1n) is 7.67.